The van der Waals surface area contributed by atoms with Gasteiger partial charge in [0.05, 0.1) is 12.7 Å². The molecular formula is C14H21NO3. The number of amides is 1. The first-order valence-corrected chi connectivity index (χ1v) is 6.15. The van der Waals surface area contributed by atoms with Gasteiger partial charge < -0.3 is 15.2 Å². The number of hydrogen-bond acceptors (Lipinski definition) is 3. The fourth-order valence-corrected chi connectivity index (χ4v) is 1.79. The minimum Gasteiger partial charge on any atom is -0.496 e. The van der Waals surface area contributed by atoms with Gasteiger partial charge in [0, 0.05) is 12.6 Å². The largest absolute Gasteiger partial charge is 0.496 e. The average molecular weight is 251 g/mol. The molecule has 0 radical (unpaired) electrons. The summed E-state index contributed by atoms with van der Waals surface area (Å²) >= 11 is 0. The van der Waals surface area contributed by atoms with Crippen LogP contribution in [0.1, 0.15) is 30.6 Å². The number of para-hydroxylation sites is 1. The standard InChI is InChI=1S/C14H21NO3/c1-10(2)12(8-9-16)15-14(17)11-6-4-5-7-13(11)18-3/h4-7,10,12,16H,8-9H2,1-3H3,(H,15,17). The van der Waals surface area contributed by atoms with Crippen molar-refractivity contribution in [3.05, 3.63) is 29.8 Å². The van der Waals surface area contributed by atoms with E-state index in [4.69, 9.17) is 9.84 Å². The first-order valence-electron chi connectivity index (χ1n) is 6.15. The Hall–Kier alpha value is -1.55. The van der Waals surface area contributed by atoms with Crippen LogP contribution in [0, 0.1) is 5.92 Å². The maximum Gasteiger partial charge on any atom is 0.255 e. The fraction of sp³-hybridized carbons (Fsp3) is 0.500. The van der Waals surface area contributed by atoms with Crippen LogP contribution in [0.15, 0.2) is 24.3 Å². The number of aliphatic hydroxyl groups excluding tert-OH is 1. The van der Waals surface area contributed by atoms with Crippen molar-refractivity contribution in [2.45, 2.75) is 26.3 Å². The third kappa shape index (κ3) is 3.74. The molecule has 1 unspecified atom stereocenters. The summed E-state index contributed by atoms with van der Waals surface area (Å²) in [4.78, 5) is 12.1. The summed E-state index contributed by atoms with van der Waals surface area (Å²) in [5.41, 5.74) is 0.517. The topological polar surface area (TPSA) is 58.6 Å². The summed E-state index contributed by atoms with van der Waals surface area (Å²) < 4.78 is 5.16. The summed E-state index contributed by atoms with van der Waals surface area (Å²) in [7, 11) is 1.54. The molecule has 0 aliphatic heterocycles. The Morgan fingerprint density at radius 2 is 2.06 bits per heavy atom. The predicted octanol–water partition coefficient (Wildman–Crippen LogP) is 1.83. The van der Waals surface area contributed by atoms with Gasteiger partial charge >= 0.3 is 0 Å². The van der Waals surface area contributed by atoms with E-state index in [-0.39, 0.29) is 24.5 Å². The molecule has 0 heterocycles. The fourth-order valence-electron chi connectivity index (χ4n) is 1.79. The van der Waals surface area contributed by atoms with E-state index >= 15 is 0 Å². The molecule has 4 heteroatoms. The van der Waals surface area contributed by atoms with Crippen LogP contribution < -0.4 is 10.1 Å². The molecule has 0 aromatic heterocycles. The molecular weight excluding hydrogens is 230 g/mol. The van der Waals surface area contributed by atoms with Gasteiger partial charge in [-0.15, -0.1) is 0 Å². The number of nitrogens with one attached hydrogen (secondary N) is 1. The van der Waals surface area contributed by atoms with Gasteiger partial charge in [0.25, 0.3) is 5.91 Å². The highest BCUT2D eigenvalue weighted by Crippen LogP contribution is 2.18. The third-order valence-electron chi connectivity index (χ3n) is 2.91. The molecule has 1 amide bonds. The zero-order valence-corrected chi connectivity index (χ0v) is 11.1. The lowest BCUT2D eigenvalue weighted by atomic mass is 10.0. The lowest BCUT2D eigenvalue weighted by molar-refractivity contribution is 0.0913. The Kier molecular flexibility index (Phi) is 5.65. The first-order chi connectivity index (χ1) is 8.60. The molecule has 18 heavy (non-hydrogen) atoms. The number of hydrogen-bond donors (Lipinski definition) is 2. The second-order valence-corrected chi connectivity index (χ2v) is 4.54. The van der Waals surface area contributed by atoms with E-state index < -0.39 is 0 Å². The molecule has 100 valence electrons. The van der Waals surface area contributed by atoms with E-state index in [9.17, 15) is 4.79 Å². The molecule has 1 atom stereocenters. The van der Waals surface area contributed by atoms with Crippen molar-refractivity contribution in [3.63, 3.8) is 0 Å². The van der Waals surface area contributed by atoms with Crippen LogP contribution in [0.3, 0.4) is 0 Å². The van der Waals surface area contributed by atoms with Crippen LogP contribution in [0.25, 0.3) is 0 Å². The minimum absolute atomic E-state index is 0.0348. The van der Waals surface area contributed by atoms with E-state index in [1.807, 2.05) is 19.9 Å². The van der Waals surface area contributed by atoms with E-state index in [0.717, 1.165) is 0 Å². The highest BCUT2D eigenvalue weighted by molar-refractivity contribution is 5.97. The molecule has 0 spiro atoms. The normalized spacial score (nSPS) is 12.3. The van der Waals surface area contributed by atoms with Crippen molar-refractivity contribution in [3.8, 4) is 5.75 Å². The van der Waals surface area contributed by atoms with Gasteiger partial charge in [0.15, 0.2) is 0 Å². The number of carbonyl (C=O) groups is 1. The summed E-state index contributed by atoms with van der Waals surface area (Å²) in [5, 5.41) is 11.9. The van der Waals surface area contributed by atoms with Crippen LogP contribution >= 0.6 is 0 Å². The zero-order chi connectivity index (χ0) is 13.5. The van der Waals surface area contributed by atoms with Crippen LogP contribution in [-0.4, -0.2) is 30.8 Å². The van der Waals surface area contributed by atoms with E-state index in [1.165, 1.54) is 0 Å². The molecule has 0 saturated carbocycles. The van der Waals surface area contributed by atoms with Gasteiger partial charge in [-0.3, -0.25) is 4.79 Å². The monoisotopic (exact) mass is 251 g/mol. The Labute approximate surface area is 108 Å². The quantitative estimate of drug-likeness (QED) is 0.811. The summed E-state index contributed by atoms with van der Waals surface area (Å²) in [5.74, 6) is 0.664. The number of carbonyl (C=O) groups excluding carboxylic acids is 1. The summed E-state index contributed by atoms with van der Waals surface area (Å²) in [6.07, 6.45) is 0.554. The lowest BCUT2D eigenvalue weighted by Gasteiger charge is -2.22. The van der Waals surface area contributed by atoms with E-state index in [1.54, 1.807) is 25.3 Å². The summed E-state index contributed by atoms with van der Waals surface area (Å²) in [6.45, 7) is 4.10. The van der Waals surface area contributed by atoms with Crippen molar-refractivity contribution in [1.82, 2.24) is 5.32 Å². The Bertz CT molecular complexity index is 390. The molecule has 4 nitrogen and oxygen atoms in total. The highest BCUT2D eigenvalue weighted by atomic mass is 16.5. The van der Waals surface area contributed by atoms with Crippen LogP contribution in [0.4, 0.5) is 0 Å². The lowest BCUT2D eigenvalue weighted by Crippen LogP contribution is -2.39. The minimum atomic E-state index is -0.167. The number of methoxy groups -OCH3 is 1. The van der Waals surface area contributed by atoms with Crippen molar-refractivity contribution >= 4 is 5.91 Å². The first kappa shape index (κ1) is 14.5. The Balaban J connectivity index is 2.80. The molecule has 0 saturated heterocycles. The van der Waals surface area contributed by atoms with E-state index in [0.29, 0.717) is 17.7 Å². The average Bonchev–Trinajstić information content (AvgIpc) is 2.37. The van der Waals surface area contributed by atoms with E-state index in [2.05, 4.69) is 5.32 Å². The van der Waals surface area contributed by atoms with Gasteiger partial charge in [0.1, 0.15) is 5.75 Å². The van der Waals surface area contributed by atoms with Gasteiger partial charge in [0.2, 0.25) is 0 Å². The SMILES string of the molecule is COc1ccccc1C(=O)NC(CCO)C(C)C. The predicted molar refractivity (Wildman–Crippen MR) is 70.8 cm³/mol. The second kappa shape index (κ2) is 7.01. The van der Waals surface area contributed by atoms with Gasteiger partial charge in [-0.25, -0.2) is 0 Å². The zero-order valence-electron chi connectivity index (χ0n) is 11.1. The molecule has 0 bridgehead atoms. The number of rotatable bonds is 6. The van der Waals surface area contributed by atoms with Crippen molar-refractivity contribution in [2.24, 2.45) is 5.92 Å². The van der Waals surface area contributed by atoms with Crippen molar-refractivity contribution in [2.75, 3.05) is 13.7 Å². The van der Waals surface area contributed by atoms with Crippen LogP contribution in [-0.2, 0) is 0 Å². The molecule has 0 fully saturated rings. The van der Waals surface area contributed by atoms with Crippen molar-refractivity contribution in [1.29, 1.82) is 0 Å². The Morgan fingerprint density at radius 3 is 2.61 bits per heavy atom. The molecule has 1 aromatic rings. The van der Waals surface area contributed by atoms with Crippen LogP contribution in [0.2, 0.25) is 0 Å². The third-order valence-corrected chi connectivity index (χ3v) is 2.91. The van der Waals surface area contributed by atoms with Gasteiger partial charge in [-0.2, -0.15) is 0 Å². The highest BCUT2D eigenvalue weighted by Gasteiger charge is 2.18. The van der Waals surface area contributed by atoms with Gasteiger partial charge in [-0.1, -0.05) is 26.0 Å². The molecule has 0 aliphatic rings. The Morgan fingerprint density at radius 1 is 1.39 bits per heavy atom. The molecule has 2 N–H and O–H groups in total. The maximum absolute atomic E-state index is 12.1. The second-order valence-electron chi connectivity index (χ2n) is 4.54. The number of ether oxygens (including phenoxy) is 1. The molecule has 0 aliphatic carbocycles. The summed E-state index contributed by atoms with van der Waals surface area (Å²) in [6, 6.07) is 7.07. The molecule has 1 aromatic carbocycles. The number of aliphatic hydroxyl groups is 1. The van der Waals surface area contributed by atoms with Crippen molar-refractivity contribution < 1.29 is 14.6 Å². The number of benzene rings is 1. The molecule has 1 rings (SSSR count). The van der Waals surface area contributed by atoms with Crippen LogP contribution in [0.5, 0.6) is 5.75 Å². The van der Waals surface area contributed by atoms with Gasteiger partial charge in [-0.05, 0) is 24.5 Å². The maximum atomic E-state index is 12.1. The smallest absolute Gasteiger partial charge is 0.255 e.